The van der Waals surface area contributed by atoms with Gasteiger partial charge in [-0.1, -0.05) is 0 Å². The van der Waals surface area contributed by atoms with Crippen molar-refractivity contribution in [1.82, 2.24) is 10.2 Å². The van der Waals surface area contributed by atoms with Crippen LogP contribution in [-0.4, -0.2) is 16.1 Å². The number of anilines is 1. The molecule has 0 atom stereocenters. The lowest BCUT2D eigenvalue weighted by Crippen LogP contribution is -2.11. The molecule has 90 valence electrons. The van der Waals surface area contributed by atoms with Crippen molar-refractivity contribution in [1.29, 1.82) is 0 Å². The van der Waals surface area contributed by atoms with Crippen LogP contribution in [0.2, 0.25) is 0 Å². The van der Waals surface area contributed by atoms with Crippen LogP contribution in [0.1, 0.15) is 27.6 Å². The highest BCUT2D eigenvalue weighted by atomic mass is 35.5. The topological polar surface area (TPSA) is 70.9 Å². The van der Waals surface area contributed by atoms with Crippen molar-refractivity contribution in [2.24, 2.45) is 0 Å². The number of carbonyl (C=O) groups is 1. The van der Waals surface area contributed by atoms with Crippen molar-refractivity contribution < 1.29 is 9.21 Å². The zero-order chi connectivity index (χ0) is 12.4. The number of alkyl halides is 1. The number of hydrogen-bond donors (Lipinski definition) is 2. The maximum atomic E-state index is 11.8. The van der Waals surface area contributed by atoms with E-state index in [4.69, 9.17) is 16.0 Å². The molecule has 0 saturated heterocycles. The first-order valence-electron chi connectivity index (χ1n) is 5.09. The van der Waals surface area contributed by atoms with E-state index in [1.165, 1.54) is 0 Å². The molecule has 0 radical (unpaired) electrons. The van der Waals surface area contributed by atoms with Gasteiger partial charge in [-0.15, -0.1) is 11.6 Å². The van der Waals surface area contributed by atoms with Crippen LogP contribution in [0, 0.1) is 13.8 Å². The molecular formula is C11H12ClN3O2. The van der Waals surface area contributed by atoms with Gasteiger partial charge in [0.05, 0.1) is 5.88 Å². The fraction of sp³-hybridized carbons (Fsp3) is 0.273. The number of aromatic nitrogens is 2. The minimum atomic E-state index is -0.337. The number of H-pyrrole nitrogens is 1. The van der Waals surface area contributed by atoms with E-state index >= 15 is 0 Å². The first kappa shape index (κ1) is 11.7. The Labute approximate surface area is 103 Å². The number of rotatable bonds is 3. The molecule has 6 heteroatoms. The van der Waals surface area contributed by atoms with Gasteiger partial charge in [-0.25, -0.2) is 0 Å². The number of nitrogens with one attached hydrogen (secondary N) is 2. The van der Waals surface area contributed by atoms with Crippen LogP contribution in [-0.2, 0) is 5.88 Å². The molecule has 0 aromatic carbocycles. The first-order chi connectivity index (χ1) is 8.10. The number of halogens is 1. The fourth-order valence-electron chi connectivity index (χ4n) is 1.42. The van der Waals surface area contributed by atoms with Crippen molar-refractivity contribution in [3.8, 4) is 0 Å². The average Bonchev–Trinajstić information content (AvgIpc) is 2.85. The summed E-state index contributed by atoms with van der Waals surface area (Å²) in [4.78, 5) is 11.8. The molecule has 2 heterocycles. The Hall–Kier alpha value is -1.75. The molecule has 1 amide bonds. The lowest BCUT2D eigenvalue weighted by molar-refractivity contribution is 0.0995. The maximum absolute atomic E-state index is 11.8. The highest BCUT2D eigenvalue weighted by Gasteiger charge is 2.14. The Kier molecular flexibility index (Phi) is 3.19. The minimum Gasteiger partial charge on any atom is -0.456 e. The summed E-state index contributed by atoms with van der Waals surface area (Å²) in [7, 11) is 0. The normalized spacial score (nSPS) is 10.5. The van der Waals surface area contributed by atoms with Gasteiger partial charge in [0.1, 0.15) is 5.76 Å². The minimum absolute atomic E-state index is 0.235. The number of carbonyl (C=O) groups excluding carboxylic acids is 1. The van der Waals surface area contributed by atoms with E-state index in [0.717, 1.165) is 11.3 Å². The van der Waals surface area contributed by atoms with Crippen molar-refractivity contribution >= 4 is 23.3 Å². The Morgan fingerprint density at radius 3 is 2.82 bits per heavy atom. The van der Waals surface area contributed by atoms with E-state index in [9.17, 15) is 4.79 Å². The molecule has 0 aliphatic carbocycles. The van der Waals surface area contributed by atoms with Crippen molar-refractivity contribution in [3.63, 3.8) is 0 Å². The molecule has 0 spiro atoms. The van der Waals surface area contributed by atoms with Gasteiger partial charge in [-0.2, -0.15) is 5.10 Å². The summed E-state index contributed by atoms with van der Waals surface area (Å²) in [5.41, 5.74) is 1.69. The molecule has 0 aliphatic rings. The number of aromatic amines is 1. The average molecular weight is 254 g/mol. The third kappa shape index (κ3) is 2.50. The molecule has 0 unspecified atom stereocenters. The molecule has 2 aromatic heterocycles. The van der Waals surface area contributed by atoms with E-state index in [1.54, 1.807) is 19.1 Å². The van der Waals surface area contributed by atoms with Gasteiger partial charge in [-0.3, -0.25) is 9.89 Å². The summed E-state index contributed by atoms with van der Waals surface area (Å²) in [5.74, 6) is 1.34. The van der Waals surface area contributed by atoms with Crippen LogP contribution in [0.5, 0.6) is 0 Å². The zero-order valence-electron chi connectivity index (χ0n) is 9.50. The molecule has 2 aromatic rings. The quantitative estimate of drug-likeness (QED) is 0.826. The van der Waals surface area contributed by atoms with Gasteiger partial charge in [0.25, 0.3) is 5.91 Å². The van der Waals surface area contributed by atoms with Gasteiger partial charge in [0.2, 0.25) is 0 Å². The summed E-state index contributed by atoms with van der Waals surface area (Å²) in [6.07, 6.45) is 0. The van der Waals surface area contributed by atoms with Crippen molar-refractivity contribution in [2.75, 3.05) is 5.32 Å². The summed E-state index contributed by atoms with van der Waals surface area (Å²) in [5, 5.41) is 9.27. The molecule has 0 fully saturated rings. The van der Waals surface area contributed by atoms with Crippen LogP contribution in [0.15, 0.2) is 16.5 Å². The van der Waals surface area contributed by atoms with Gasteiger partial charge >= 0.3 is 0 Å². The second-order valence-corrected chi connectivity index (χ2v) is 3.98. The first-order valence-corrected chi connectivity index (χ1v) is 5.62. The van der Waals surface area contributed by atoms with Crippen molar-refractivity contribution in [3.05, 3.63) is 34.9 Å². The molecule has 0 aliphatic heterocycles. The van der Waals surface area contributed by atoms with Gasteiger partial charge < -0.3 is 9.73 Å². The smallest absolute Gasteiger partial charge is 0.292 e. The van der Waals surface area contributed by atoms with Crippen LogP contribution in [0.4, 0.5) is 5.82 Å². The maximum Gasteiger partial charge on any atom is 0.292 e. The SMILES string of the molecule is Cc1cc(NC(=O)c2cc(CCl)c(C)o2)n[nH]1. The Balaban J connectivity index is 2.14. The molecule has 2 N–H and O–H groups in total. The van der Waals surface area contributed by atoms with Crippen LogP contribution < -0.4 is 5.32 Å². The highest BCUT2D eigenvalue weighted by Crippen LogP contribution is 2.17. The summed E-state index contributed by atoms with van der Waals surface area (Å²) in [6.45, 7) is 3.62. The lowest BCUT2D eigenvalue weighted by Gasteiger charge is -1.96. The summed E-state index contributed by atoms with van der Waals surface area (Å²) in [6, 6.07) is 3.37. The van der Waals surface area contributed by atoms with E-state index in [2.05, 4.69) is 15.5 Å². The monoisotopic (exact) mass is 253 g/mol. The number of amides is 1. The molecule has 0 saturated carbocycles. The second-order valence-electron chi connectivity index (χ2n) is 3.72. The summed E-state index contributed by atoms with van der Waals surface area (Å²) >= 11 is 5.70. The predicted molar refractivity (Wildman–Crippen MR) is 64.3 cm³/mol. The number of hydrogen-bond acceptors (Lipinski definition) is 3. The van der Waals surface area contributed by atoms with Gasteiger partial charge in [-0.05, 0) is 19.9 Å². The van der Waals surface area contributed by atoms with Gasteiger partial charge in [0.15, 0.2) is 11.6 Å². The van der Waals surface area contributed by atoms with E-state index in [-0.39, 0.29) is 11.7 Å². The molecule has 5 nitrogen and oxygen atoms in total. The lowest BCUT2D eigenvalue weighted by atomic mass is 10.3. The standard InChI is InChI=1S/C11H12ClN3O2/c1-6-3-10(15-14-6)13-11(16)9-4-8(5-12)7(2)17-9/h3-4H,5H2,1-2H3,(H2,13,14,15,16). The Morgan fingerprint density at radius 2 is 2.29 bits per heavy atom. The van der Waals surface area contributed by atoms with E-state index in [1.807, 2.05) is 6.92 Å². The number of nitrogens with zero attached hydrogens (tertiary/aromatic N) is 1. The third-order valence-corrected chi connectivity index (χ3v) is 2.62. The third-order valence-electron chi connectivity index (χ3n) is 2.34. The highest BCUT2D eigenvalue weighted by molar-refractivity contribution is 6.17. The van der Waals surface area contributed by atoms with Crippen molar-refractivity contribution in [2.45, 2.75) is 19.7 Å². The predicted octanol–water partition coefficient (Wildman–Crippen LogP) is 2.61. The molecule has 0 bridgehead atoms. The Morgan fingerprint density at radius 1 is 1.53 bits per heavy atom. The molecular weight excluding hydrogens is 242 g/mol. The van der Waals surface area contributed by atoms with Crippen LogP contribution >= 0.6 is 11.6 Å². The van der Waals surface area contributed by atoms with Gasteiger partial charge in [0, 0.05) is 17.3 Å². The zero-order valence-corrected chi connectivity index (χ0v) is 10.3. The largest absolute Gasteiger partial charge is 0.456 e. The fourth-order valence-corrected chi connectivity index (χ4v) is 1.69. The molecule has 17 heavy (non-hydrogen) atoms. The number of aryl methyl sites for hydroxylation is 2. The van der Waals surface area contributed by atoms with E-state index in [0.29, 0.717) is 17.5 Å². The second kappa shape index (κ2) is 4.63. The van der Waals surface area contributed by atoms with E-state index < -0.39 is 0 Å². The molecule has 2 rings (SSSR count). The summed E-state index contributed by atoms with van der Waals surface area (Å²) < 4.78 is 5.31. The van der Waals surface area contributed by atoms with Crippen LogP contribution in [0.25, 0.3) is 0 Å². The number of furan rings is 1. The Bertz CT molecular complexity index is 545. The van der Waals surface area contributed by atoms with Crippen LogP contribution in [0.3, 0.4) is 0 Å².